The van der Waals surface area contributed by atoms with E-state index in [9.17, 15) is 0 Å². The van der Waals surface area contributed by atoms with E-state index in [0.29, 0.717) is 24.0 Å². The third kappa shape index (κ3) is 13.1. The van der Waals surface area contributed by atoms with Gasteiger partial charge in [0.05, 0.1) is 11.9 Å². The maximum Gasteiger partial charge on any atom is 0.0916 e. The minimum absolute atomic E-state index is 0.272. The van der Waals surface area contributed by atoms with Gasteiger partial charge >= 0.3 is 0 Å². The van der Waals surface area contributed by atoms with Crippen LogP contribution in [0.5, 0.6) is 0 Å². The first kappa shape index (κ1) is 36.6. The first-order valence-electron chi connectivity index (χ1n) is 17.3. The van der Waals surface area contributed by atoms with E-state index in [0.717, 1.165) is 24.7 Å². The normalized spacial score (nSPS) is 19.8. The van der Waals surface area contributed by atoms with Gasteiger partial charge in [0.25, 0.3) is 0 Å². The van der Waals surface area contributed by atoms with Crippen molar-refractivity contribution in [1.29, 1.82) is 0 Å². The molecule has 1 rings (SSSR count). The van der Waals surface area contributed by atoms with Crippen LogP contribution in [0.25, 0.3) is 0 Å². The standard InChI is InChI=1S/C37H71N3/c1-12-16-18-19-21-25-33(28-30(7)40-27-26-34(37(9,10)11)36(40)29(5)6)38-31(8)39-35(23-15-4)32(22-14-3)24-20-17-13-2/h32-36,38-39H,5,7-8,12-28H2,1-4,6,9-11H3/t32?,33?,34-,35?,36?/m0/s1. The second-order valence-electron chi connectivity index (χ2n) is 14.1. The van der Waals surface area contributed by atoms with Gasteiger partial charge in [0, 0.05) is 30.7 Å². The Morgan fingerprint density at radius 2 is 1.38 bits per heavy atom. The Balaban J connectivity index is 2.97. The maximum absolute atomic E-state index is 4.67. The van der Waals surface area contributed by atoms with Gasteiger partial charge in [-0.3, -0.25) is 0 Å². The fourth-order valence-electron chi connectivity index (χ4n) is 7.11. The summed E-state index contributed by atoms with van der Waals surface area (Å²) >= 11 is 0. The molecule has 0 aromatic rings. The summed E-state index contributed by atoms with van der Waals surface area (Å²) in [4.78, 5) is 2.59. The Morgan fingerprint density at radius 3 is 1.95 bits per heavy atom. The highest BCUT2D eigenvalue weighted by Gasteiger charge is 2.41. The Bertz CT molecular complexity index is 717. The van der Waals surface area contributed by atoms with E-state index in [2.05, 4.69) is 90.7 Å². The van der Waals surface area contributed by atoms with Crippen LogP contribution in [0.15, 0.2) is 36.8 Å². The zero-order chi connectivity index (χ0) is 30.1. The van der Waals surface area contributed by atoms with Crippen molar-refractivity contribution in [3.05, 3.63) is 36.8 Å². The molecule has 3 heteroatoms. The molecule has 0 spiro atoms. The smallest absolute Gasteiger partial charge is 0.0916 e. The van der Waals surface area contributed by atoms with Gasteiger partial charge in [-0.2, -0.15) is 0 Å². The summed E-state index contributed by atoms with van der Waals surface area (Å²) in [6.45, 7) is 33.3. The van der Waals surface area contributed by atoms with Crippen LogP contribution >= 0.6 is 0 Å². The highest BCUT2D eigenvalue weighted by atomic mass is 15.2. The average molecular weight is 558 g/mol. The molecule has 0 saturated carbocycles. The minimum atomic E-state index is 0.272. The summed E-state index contributed by atoms with van der Waals surface area (Å²) in [5.41, 5.74) is 2.82. The summed E-state index contributed by atoms with van der Waals surface area (Å²) in [6, 6.07) is 1.26. The van der Waals surface area contributed by atoms with Crippen LogP contribution in [0.3, 0.4) is 0 Å². The number of unbranched alkanes of at least 4 members (excludes halogenated alkanes) is 6. The van der Waals surface area contributed by atoms with Crippen LogP contribution in [-0.4, -0.2) is 29.6 Å². The van der Waals surface area contributed by atoms with E-state index in [1.165, 1.54) is 108 Å². The van der Waals surface area contributed by atoms with Crippen LogP contribution in [0.2, 0.25) is 0 Å². The Morgan fingerprint density at radius 1 is 0.775 bits per heavy atom. The molecular formula is C37H71N3. The first-order chi connectivity index (χ1) is 19.0. The third-order valence-corrected chi connectivity index (χ3v) is 9.30. The molecule has 0 bridgehead atoms. The molecule has 3 nitrogen and oxygen atoms in total. The summed E-state index contributed by atoms with van der Waals surface area (Å²) in [5.74, 6) is 2.37. The fourth-order valence-corrected chi connectivity index (χ4v) is 7.11. The van der Waals surface area contributed by atoms with Gasteiger partial charge in [0.15, 0.2) is 0 Å². The van der Waals surface area contributed by atoms with Gasteiger partial charge < -0.3 is 15.5 Å². The van der Waals surface area contributed by atoms with Crippen LogP contribution < -0.4 is 10.6 Å². The highest BCUT2D eigenvalue weighted by Crippen LogP contribution is 2.42. The van der Waals surface area contributed by atoms with Crippen LogP contribution in [0.4, 0.5) is 0 Å². The lowest BCUT2D eigenvalue weighted by Crippen LogP contribution is -2.43. The molecule has 4 unspecified atom stereocenters. The summed E-state index contributed by atoms with van der Waals surface area (Å²) < 4.78 is 0. The molecule has 0 radical (unpaired) electrons. The molecule has 0 aromatic carbocycles. The van der Waals surface area contributed by atoms with Crippen LogP contribution in [-0.2, 0) is 0 Å². The molecule has 0 aliphatic carbocycles. The average Bonchev–Trinajstić information content (AvgIpc) is 3.34. The summed E-state index contributed by atoms with van der Waals surface area (Å²) in [7, 11) is 0. The molecule has 40 heavy (non-hydrogen) atoms. The highest BCUT2D eigenvalue weighted by molar-refractivity contribution is 5.17. The molecule has 1 aliphatic heterocycles. The lowest BCUT2D eigenvalue weighted by atomic mass is 9.74. The second kappa shape index (κ2) is 19.7. The molecule has 0 amide bonds. The molecule has 234 valence electrons. The Kier molecular flexibility index (Phi) is 18.0. The number of nitrogens with one attached hydrogen (secondary N) is 2. The van der Waals surface area contributed by atoms with Crippen molar-refractivity contribution < 1.29 is 0 Å². The number of hydrogen-bond acceptors (Lipinski definition) is 3. The van der Waals surface area contributed by atoms with Crippen molar-refractivity contribution in [2.45, 2.75) is 176 Å². The van der Waals surface area contributed by atoms with E-state index in [4.69, 9.17) is 0 Å². The first-order valence-corrected chi connectivity index (χ1v) is 17.3. The van der Waals surface area contributed by atoms with Crippen molar-refractivity contribution in [3.63, 3.8) is 0 Å². The number of rotatable bonds is 23. The topological polar surface area (TPSA) is 27.3 Å². The monoisotopic (exact) mass is 558 g/mol. The second-order valence-corrected chi connectivity index (χ2v) is 14.1. The van der Waals surface area contributed by atoms with Gasteiger partial charge in [-0.25, -0.2) is 0 Å². The molecule has 0 aromatic heterocycles. The predicted molar refractivity (Wildman–Crippen MR) is 180 cm³/mol. The van der Waals surface area contributed by atoms with E-state index in [1.807, 2.05) is 0 Å². The quantitative estimate of drug-likeness (QED) is 0.0966. The van der Waals surface area contributed by atoms with Gasteiger partial charge in [-0.15, -0.1) is 0 Å². The van der Waals surface area contributed by atoms with Gasteiger partial charge in [0.1, 0.15) is 0 Å². The molecule has 1 fully saturated rings. The number of nitrogens with zero attached hydrogens (tertiary/aromatic N) is 1. The lowest BCUT2D eigenvalue weighted by molar-refractivity contribution is 0.192. The Labute approximate surface area is 252 Å². The van der Waals surface area contributed by atoms with Crippen molar-refractivity contribution >= 4 is 0 Å². The van der Waals surface area contributed by atoms with E-state index >= 15 is 0 Å². The van der Waals surface area contributed by atoms with Crippen molar-refractivity contribution in [3.8, 4) is 0 Å². The number of hydrogen-bond donors (Lipinski definition) is 2. The van der Waals surface area contributed by atoms with Crippen molar-refractivity contribution in [1.82, 2.24) is 15.5 Å². The zero-order valence-corrected chi connectivity index (χ0v) is 28.5. The summed E-state index contributed by atoms with van der Waals surface area (Å²) in [6.07, 6.45) is 20.2. The largest absolute Gasteiger partial charge is 0.369 e. The van der Waals surface area contributed by atoms with Crippen molar-refractivity contribution in [2.24, 2.45) is 17.3 Å². The van der Waals surface area contributed by atoms with Gasteiger partial charge in [-0.05, 0) is 56.3 Å². The van der Waals surface area contributed by atoms with Crippen molar-refractivity contribution in [2.75, 3.05) is 6.54 Å². The molecule has 1 saturated heterocycles. The lowest BCUT2D eigenvalue weighted by Gasteiger charge is -2.38. The fraction of sp³-hybridized carbons (Fsp3) is 0.838. The van der Waals surface area contributed by atoms with Gasteiger partial charge in [-0.1, -0.05) is 138 Å². The summed E-state index contributed by atoms with van der Waals surface area (Å²) in [5, 5.41) is 7.79. The van der Waals surface area contributed by atoms with Gasteiger partial charge in [0.2, 0.25) is 0 Å². The van der Waals surface area contributed by atoms with Crippen LogP contribution in [0.1, 0.15) is 158 Å². The minimum Gasteiger partial charge on any atom is -0.369 e. The van der Waals surface area contributed by atoms with E-state index in [1.54, 1.807) is 0 Å². The molecule has 2 N–H and O–H groups in total. The molecule has 1 heterocycles. The van der Waals surface area contributed by atoms with Crippen LogP contribution in [0, 0.1) is 17.3 Å². The number of likely N-dealkylation sites (tertiary alicyclic amines) is 1. The third-order valence-electron chi connectivity index (χ3n) is 9.30. The maximum atomic E-state index is 4.67. The molecule has 5 atom stereocenters. The van der Waals surface area contributed by atoms with E-state index in [-0.39, 0.29) is 5.41 Å². The molecule has 1 aliphatic rings. The van der Waals surface area contributed by atoms with E-state index < -0.39 is 0 Å². The molecular weight excluding hydrogens is 486 g/mol. The SMILES string of the molecule is C=C(NC(CCCCCCC)CC(=C)N1CC[C@H](C(C)(C)C)C1C(=C)C)NC(CCC)C(CCC)CCCCC. The zero-order valence-electron chi connectivity index (χ0n) is 28.5. The predicted octanol–water partition coefficient (Wildman–Crippen LogP) is 10.7. The Hall–Kier alpha value is -1.38.